The van der Waals surface area contributed by atoms with Gasteiger partial charge < -0.3 is 18.9 Å². The molecule has 48 heavy (non-hydrogen) atoms. The summed E-state index contributed by atoms with van der Waals surface area (Å²) in [6.45, 7) is 5.45. The molecule has 2 aliphatic carbocycles. The number of imidazole rings is 1. The maximum absolute atomic E-state index is 13.6. The summed E-state index contributed by atoms with van der Waals surface area (Å²) in [5.41, 5.74) is 2.52. The van der Waals surface area contributed by atoms with Crippen molar-refractivity contribution in [2.24, 2.45) is 24.8 Å². The lowest BCUT2D eigenvalue weighted by Crippen LogP contribution is -2.52. The van der Waals surface area contributed by atoms with Gasteiger partial charge in [-0.15, -0.1) is 0 Å². The van der Waals surface area contributed by atoms with Crippen LogP contribution in [0.15, 0.2) is 60.9 Å². The molecule has 0 saturated heterocycles. The standard InChI is InChI=1S/C37H45ClN4O5S/c1-24-7-5-16-37(46-4,35-39-17-18-41(35)3)31-12-9-28(31)21-42-22-36(15-6-8-26-19-29(38)11-13-30(26)36)23-47-33-14-10-27(20-32(33)42)34(43)40-48(44,45)25(24)2/h5,10-11,13-14,16-20,24-25,28,31H,6-9,12,15,21-23H2,1-4H3,(H,40,43)/b16-5+/t24-,25+,28-,31+,36-,37-/m0/s1. The molecule has 3 aromatic rings. The number of carbonyl (C=O) groups is 1. The Bertz CT molecular complexity index is 1860. The van der Waals surface area contributed by atoms with Gasteiger partial charge in [-0.2, -0.15) is 0 Å². The van der Waals surface area contributed by atoms with E-state index in [1.54, 1.807) is 32.4 Å². The number of hydrogen-bond donors (Lipinski definition) is 1. The molecule has 1 N–H and O–H groups in total. The smallest absolute Gasteiger partial charge is 0.264 e. The molecular weight excluding hydrogens is 648 g/mol. The van der Waals surface area contributed by atoms with Crippen LogP contribution in [-0.2, 0) is 39.2 Å². The van der Waals surface area contributed by atoms with Crippen molar-refractivity contribution in [1.82, 2.24) is 14.3 Å². The van der Waals surface area contributed by atoms with E-state index in [9.17, 15) is 13.2 Å². The first kappa shape index (κ1) is 33.2. The van der Waals surface area contributed by atoms with E-state index in [4.69, 9.17) is 26.1 Å². The lowest BCUT2D eigenvalue weighted by Gasteiger charge is -2.50. The molecular formula is C37H45ClN4O5S. The van der Waals surface area contributed by atoms with Gasteiger partial charge in [-0.1, -0.05) is 30.7 Å². The zero-order chi connectivity index (χ0) is 33.8. The number of nitrogens with zero attached hydrogens (tertiary/aromatic N) is 3. The van der Waals surface area contributed by atoms with Crippen molar-refractivity contribution in [3.63, 3.8) is 0 Å². The molecule has 0 unspecified atom stereocenters. The number of amides is 1. The number of aromatic nitrogens is 2. The van der Waals surface area contributed by atoms with E-state index in [0.29, 0.717) is 31.9 Å². The van der Waals surface area contributed by atoms with Crippen LogP contribution in [0.1, 0.15) is 73.3 Å². The molecule has 3 heterocycles. The number of aryl methyl sites for hydroxylation is 2. The Morgan fingerprint density at radius 3 is 2.71 bits per heavy atom. The maximum Gasteiger partial charge on any atom is 0.264 e. The maximum atomic E-state index is 13.6. The minimum atomic E-state index is -3.97. The number of carbonyl (C=O) groups excluding carboxylic acids is 1. The van der Waals surface area contributed by atoms with Crippen LogP contribution < -0.4 is 14.4 Å². The van der Waals surface area contributed by atoms with Crippen molar-refractivity contribution in [2.75, 3.05) is 31.7 Å². The van der Waals surface area contributed by atoms with Gasteiger partial charge in [-0.25, -0.2) is 18.1 Å². The van der Waals surface area contributed by atoms with E-state index in [1.807, 2.05) is 42.9 Å². The largest absolute Gasteiger partial charge is 0.490 e. The van der Waals surface area contributed by atoms with Crippen LogP contribution in [-0.4, -0.2) is 55.9 Å². The summed E-state index contributed by atoms with van der Waals surface area (Å²) < 4.78 is 44.5. The number of anilines is 1. The number of benzene rings is 2. The number of allylic oxidation sites excluding steroid dienone is 1. The van der Waals surface area contributed by atoms with Crippen LogP contribution in [0.25, 0.3) is 0 Å². The lowest BCUT2D eigenvalue weighted by molar-refractivity contribution is -0.0874. The third-order valence-electron chi connectivity index (χ3n) is 11.6. The minimum absolute atomic E-state index is 0.122. The van der Waals surface area contributed by atoms with Gasteiger partial charge in [0.1, 0.15) is 17.2 Å². The van der Waals surface area contributed by atoms with Crippen LogP contribution in [0, 0.1) is 17.8 Å². The Balaban J connectivity index is 1.36. The zero-order valence-electron chi connectivity index (χ0n) is 28.1. The lowest BCUT2D eigenvalue weighted by atomic mass is 9.63. The highest BCUT2D eigenvalue weighted by molar-refractivity contribution is 7.90. The summed E-state index contributed by atoms with van der Waals surface area (Å²) in [4.78, 5) is 20.7. The first-order valence-corrected chi connectivity index (χ1v) is 19.0. The zero-order valence-corrected chi connectivity index (χ0v) is 29.7. The van der Waals surface area contributed by atoms with Crippen LogP contribution in [0.5, 0.6) is 5.75 Å². The molecule has 4 aliphatic rings. The summed E-state index contributed by atoms with van der Waals surface area (Å²) in [6.07, 6.45) is 13.3. The number of nitrogens with one attached hydrogen (secondary N) is 1. The normalized spacial score (nSPS) is 32.2. The highest BCUT2D eigenvalue weighted by atomic mass is 35.5. The molecule has 9 nitrogen and oxygen atoms in total. The third kappa shape index (κ3) is 5.63. The van der Waals surface area contributed by atoms with Gasteiger partial charge in [0.15, 0.2) is 0 Å². The summed E-state index contributed by atoms with van der Waals surface area (Å²) in [5.74, 6) is 1.00. The second-order valence-electron chi connectivity index (χ2n) is 14.4. The molecule has 1 saturated carbocycles. The van der Waals surface area contributed by atoms with E-state index >= 15 is 0 Å². The molecule has 7 rings (SSSR count). The minimum Gasteiger partial charge on any atom is -0.490 e. The molecule has 1 aromatic heterocycles. The van der Waals surface area contributed by atoms with Crippen molar-refractivity contribution in [3.8, 4) is 5.75 Å². The second kappa shape index (κ2) is 12.5. The van der Waals surface area contributed by atoms with E-state index in [0.717, 1.165) is 48.6 Å². The van der Waals surface area contributed by atoms with Gasteiger partial charge in [0.05, 0.1) is 17.5 Å². The first-order chi connectivity index (χ1) is 23.0. The van der Waals surface area contributed by atoms with Gasteiger partial charge in [0, 0.05) is 61.6 Å². The highest BCUT2D eigenvalue weighted by Gasteiger charge is 2.51. The number of fused-ring (bicyclic) bond motifs is 4. The average molecular weight is 693 g/mol. The topological polar surface area (TPSA) is 103 Å². The summed E-state index contributed by atoms with van der Waals surface area (Å²) in [5, 5.41) is -0.0699. The summed E-state index contributed by atoms with van der Waals surface area (Å²) in [7, 11) is -0.227. The molecule has 11 heteroatoms. The summed E-state index contributed by atoms with van der Waals surface area (Å²) in [6, 6.07) is 11.5. The number of sulfonamides is 1. The molecule has 0 radical (unpaired) electrons. The third-order valence-corrected chi connectivity index (χ3v) is 13.8. The van der Waals surface area contributed by atoms with E-state index in [2.05, 4.69) is 27.8 Å². The molecule has 2 aliphatic heterocycles. The Morgan fingerprint density at radius 2 is 1.98 bits per heavy atom. The number of hydrogen-bond acceptors (Lipinski definition) is 7. The van der Waals surface area contributed by atoms with E-state index < -0.39 is 26.8 Å². The van der Waals surface area contributed by atoms with E-state index in [1.165, 1.54) is 11.1 Å². The fraction of sp³-hybridized carbons (Fsp3) is 0.514. The highest BCUT2D eigenvalue weighted by Crippen LogP contribution is 2.51. The van der Waals surface area contributed by atoms with E-state index in [-0.39, 0.29) is 28.7 Å². The molecule has 1 amide bonds. The van der Waals surface area contributed by atoms with Crippen molar-refractivity contribution < 1.29 is 22.7 Å². The van der Waals surface area contributed by atoms with Crippen molar-refractivity contribution in [1.29, 1.82) is 0 Å². The summed E-state index contributed by atoms with van der Waals surface area (Å²) >= 11 is 6.46. The van der Waals surface area contributed by atoms with Gasteiger partial charge in [-0.05, 0) is 105 Å². The SMILES string of the molecule is CO[C@@]1(c2nccn2C)/C=C/C[C@H](C)[C@@H](C)S(=O)(=O)NC(=O)c2ccc3c(c2)N(C[C@@H]2CC[C@H]21)C[C@@]1(CCCc2cc(Cl)ccc21)CO3. The van der Waals surface area contributed by atoms with Gasteiger partial charge in [-0.3, -0.25) is 4.79 Å². The van der Waals surface area contributed by atoms with Gasteiger partial charge >= 0.3 is 0 Å². The molecule has 6 atom stereocenters. The van der Waals surface area contributed by atoms with Crippen molar-refractivity contribution >= 4 is 33.2 Å². The van der Waals surface area contributed by atoms with Crippen LogP contribution in [0.4, 0.5) is 5.69 Å². The first-order valence-electron chi connectivity index (χ1n) is 17.0. The second-order valence-corrected chi connectivity index (χ2v) is 16.9. The molecule has 2 bridgehead atoms. The Morgan fingerprint density at radius 1 is 1.15 bits per heavy atom. The monoisotopic (exact) mass is 692 g/mol. The van der Waals surface area contributed by atoms with Gasteiger partial charge in [0.25, 0.3) is 5.91 Å². The fourth-order valence-electron chi connectivity index (χ4n) is 8.54. The number of rotatable bonds is 2. The van der Waals surface area contributed by atoms with Gasteiger partial charge in [0.2, 0.25) is 10.0 Å². The number of methoxy groups -OCH3 is 1. The Hall–Kier alpha value is -3.34. The molecule has 1 fully saturated rings. The van der Waals surface area contributed by atoms with Crippen LogP contribution >= 0.6 is 11.6 Å². The molecule has 256 valence electrons. The molecule has 2 aromatic carbocycles. The van der Waals surface area contributed by atoms with Crippen molar-refractivity contribution in [3.05, 3.63) is 88.5 Å². The molecule has 1 spiro atoms. The van der Waals surface area contributed by atoms with Crippen LogP contribution in [0.2, 0.25) is 5.02 Å². The number of ether oxygens (including phenoxy) is 2. The number of halogens is 1. The predicted molar refractivity (Wildman–Crippen MR) is 187 cm³/mol. The average Bonchev–Trinajstić information content (AvgIpc) is 3.42. The Kier molecular flexibility index (Phi) is 8.65. The Labute approximate surface area is 288 Å². The quantitative estimate of drug-likeness (QED) is 0.321. The van der Waals surface area contributed by atoms with Crippen LogP contribution in [0.3, 0.4) is 0 Å². The van der Waals surface area contributed by atoms with Crippen molar-refractivity contribution in [2.45, 2.75) is 68.6 Å². The predicted octanol–water partition coefficient (Wildman–Crippen LogP) is 6.16. The fourth-order valence-corrected chi connectivity index (χ4v) is 10.0.